The van der Waals surface area contributed by atoms with E-state index in [1.807, 2.05) is 11.9 Å². The van der Waals surface area contributed by atoms with Crippen LogP contribution in [0.4, 0.5) is 0 Å². The summed E-state index contributed by atoms with van der Waals surface area (Å²) in [7, 11) is 1.92. The van der Waals surface area contributed by atoms with E-state index in [4.69, 9.17) is 0 Å². The average molecular weight is 240 g/mol. The minimum absolute atomic E-state index is 0.0787. The van der Waals surface area contributed by atoms with Crippen LogP contribution in [-0.4, -0.2) is 46.6 Å². The summed E-state index contributed by atoms with van der Waals surface area (Å²) < 4.78 is 3.74. The number of carbonyl (C=O) groups excluding carboxylic acids is 1. The van der Waals surface area contributed by atoms with E-state index in [-0.39, 0.29) is 5.91 Å². The lowest BCUT2D eigenvalue weighted by Crippen LogP contribution is -2.47. The van der Waals surface area contributed by atoms with Crippen molar-refractivity contribution in [2.24, 2.45) is 0 Å². The highest BCUT2D eigenvalue weighted by atomic mass is 32.1. The van der Waals surface area contributed by atoms with Gasteiger partial charge in [0.2, 0.25) is 0 Å². The molecule has 1 aromatic heterocycles. The van der Waals surface area contributed by atoms with Gasteiger partial charge in [-0.15, -0.1) is 5.10 Å². The van der Waals surface area contributed by atoms with Gasteiger partial charge < -0.3 is 10.2 Å². The molecule has 1 saturated heterocycles. The second-order valence-corrected chi connectivity index (χ2v) is 4.77. The number of likely N-dealkylation sites (N-methyl/N-ethyl adjacent to an activating group) is 1. The number of aromatic nitrogens is 2. The van der Waals surface area contributed by atoms with Crippen LogP contribution in [0.1, 0.15) is 28.9 Å². The van der Waals surface area contributed by atoms with Crippen LogP contribution >= 0.6 is 11.5 Å². The van der Waals surface area contributed by atoms with Crippen molar-refractivity contribution in [2.45, 2.75) is 25.3 Å². The second-order valence-electron chi connectivity index (χ2n) is 3.99. The average Bonchev–Trinajstić information content (AvgIpc) is 2.83. The first-order chi connectivity index (χ1) is 7.83. The van der Waals surface area contributed by atoms with Gasteiger partial charge >= 0.3 is 0 Å². The standard InChI is InChI=1S/C10H16N4OS/c1-11-6-8-4-2-3-5-14(8)10(15)9-7-12-13-16-9/h7-8,11H,2-6H2,1H3. The molecule has 0 radical (unpaired) electrons. The summed E-state index contributed by atoms with van der Waals surface area (Å²) in [5.41, 5.74) is 0. The lowest BCUT2D eigenvalue weighted by Gasteiger charge is -2.35. The van der Waals surface area contributed by atoms with Crippen molar-refractivity contribution < 1.29 is 4.79 Å². The molecule has 0 spiro atoms. The minimum Gasteiger partial charge on any atom is -0.334 e. The highest BCUT2D eigenvalue weighted by Crippen LogP contribution is 2.19. The lowest BCUT2D eigenvalue weighted by atomic mass is 10.0. The third kappa shape index (κ3) is 2.38. The van der Waals surface area contributed by atoms with Crippen molar-refractivity contribution in [3.63, 3.8) is 0 Å². The summed E-state index contributed by atoms with van der Waals surface area (Å²) in [5.74, 6) is 0.0787. The molecule has 1 fully saturated rings. The van der Waals surface area contributed by atoms with Crippen LogP contribution in [-0.2, 0) is 0 Å². The fraction of sp³-hybridized carbons (Fsp3) is 0.700. The van der Waals surface area contributed by atoms with Gasteiger partial charge in [0.15, 0.2) is 0 Å². The summed E-state index contributed by atoms with van der Waals surface area (Å²) in [5, 5.41) is 6.86. The van der Waals surface area contributed by atoms with Gasteiger partial charge in [0, 0.05) is 19.1 Å². The Morgan fingerprint density at radius 3 is 3.25 bits per heavy atom. The third-order valence-corrected chi connectivity index (χ3v) is 3.55. The molecule has 5 nitrogen and oxygen atoms in total. The number of likely N-dealkylation sites (tertiary alicyclic amines) is 1. The van der Waals surface area contributed by atoms with E-state index in [0.717, 1.165) is 25.9 Å². The number of nitrogens with zero attached hydrogens (tertiary/aromatic N) is 3. The summed E-state index contributed by atoms with van der Waals surface area (Å²) in [6, 6.07) is 0.313. The maximum absolute atomic E-state index is 12.2. The van der Waals surface area contributed by atoms with Crippen molar-refractivity contribution in [1.82, 2.24) is 19.8 Å². The Morgan fingerprint density at radius 2 is 2.56 bits per heavy atom. The van der Waals surface area contributed by atoms with E-state index >= 15 is 0 Å². The minimum atomic E-state index is 0.0787. The molecule has 1 aliphatic rings. The van der Waals surface area contributed by atoms with Crippen molar-refractivity contribution in [1.29, 1.82) is 0 Å². The van der Waals surface area contributed by atoms with Crippen molar-refractivity contribution in [3.05, 3.63) is 11.1 Å². The summed E-state index contributed by atoms with van der Waals surface area (Å²) >= 11 is 1.17. The first kappa shape index (κ1) is 11.5. The van der Waals surface area contributed by atoms with E-state index < -0.39 is 0 Å². The molecule has 16 heavy (non-hydrogen) atoms. The van der Waals surface area contributed by atoms with E-state index in [1.165, 1.54) is 18.0 Å². The normalized spacial score (nSPS) is 21.1. The number of amides is 1. The molecule has 1 aliphatic heterocycles. The Morgan fingerprint density at radius 1 is 1.69 bits per heavy atom. The highest BCUT2D eigenvalue weighted by molar-refractivity contribution is 7.07. The zero-order chi connectivity index (χ0) is 11.4. The smallest absolute Gasteiger partial charge is 0.267 e. The van der Waals surface area contributed by atoms with Crippen LogP contribution < -0.4 is 5.32 Å². The molecule has 6 heteroatoms. The van der Waals surface area contributed by atoms with E-state index in [1.54, 1.807) is 6.20 Å². The van der Waals surface area contributed by atoms with Crippen LogP contribution in [0.2, 0.25) is 0 Å². The largest absolute Gasteiger partial charge is 0.334 e. The molecule has 88 valence electrons. The molecule has 1 amide bonds. The zero-order valence-electron chi connectivity index (χ0n) is 9.35. The molecule has 2 rings (SSSR count). The van der Waals surface area contributed by atoms with Crippen LogP contribution in [0.5, 0.6) is 0 Å². The van der Waals surface area contributed by atoms with Crippen LogP contribution in [0, 0.1) is 0 Å². The molecule has 1 N–H and O–H groups in total. The van der Waals surface area contributed by atoms with Crippen molar-refractivity contribution >= 4 is 17.4 Å². The number of hydrogen-bond donors (Lipinski definition) is 1. The maximum atomic E-state index is 12.2. The number of nitrogens with one attached hydrogen (secondary N) is 1. The predicted molar refractivity (Wildman–Crippen MR) is 62.5 cm³/mol. The first-order valence-electron chi connectivity index (χ1n) is 5.56. The Hall–Kier alpha value is -1.01. The molecular weight excluding hydrogens is 224 g/mol. The Kier molecular flexibility index (Phi) is 3.84. The first-order valence-corrected chi connectivity index (χ1v) is 6.33. The quantitative estimate of drug-likeness (QED) is 0.847. The number of hydrogen-bond acceptors (Lipinski definition) is 5. The van der Waals surface area contributed by atoms with Gasteiger partial charge in [-0.25, -0.2) is 0 Å². The van der Waals surface area contributed by atoms with Crippen LogP contribution in [0.3, 0.4) is 0 Å². The predicted octanol–water partition coefficient (Wildman–Crippen LogP) is 0.752. The highest BCUT2D eigenvalue weighted by Gasteiger charge is 2.27. The zero-order valence-corrected chi connectivity index (χ0v) is 10.2. The number of rotatable bonds is 3. The van der Waals surface area contributed by atoms with Crippen molar-refractivity contribution in [3.8, 4) is 0 Å². The molecule has 0 aliphatic carbocycles. The van der Waals surface area contributed by atoms with E-state index in [0.29, 0.717) is 10.9 Å². The molecular formula is C10H16N4OS. The van der Waals surface area contributed by atoms with Gasteiger partial charge in [-0.05, 0) is 37.8 Å². The fourth-order valence-corrected chi connectivity index (χ4v) is 2.59. The van der Waals surface area contributed by atoms with Gasteiger partial charge in [-0.2, -0.15) is 0 Å². The van der Waals surface area contributed by atoms with Crippen LogP contribution in [0.15, 0.2) is 6.20 Å². The lowest BCUT2D eigenvalue weighted by molar-refractivity contribution is 0.0620. The van der Waals surface area contributed by atoms with Gasteiger partial charge in [-0.1, -0.05) is 4.49 Å². The van der Waals surface area contributed by atoms with Gasteiger partial charge in [0.05, 0.1) is 6.20 Å². The van der Waals surface area contributed by atoms with Crippen molar-refractivity contribution in [2.75, 3.05) is 20.1 Å². The molecule has 1 atom stereocenters. The Balaban J connectivity index is 2.08. The topological polar surface area (TPSA) is 58.1 Å². The Bertz CT molecular complexity index is 339. The van der Waals surface area contributed by atoms with Gasteiger partial charge in [0.25, 0.3) is 5.91 Å². The molecule has 0 bridgehead atoms. The number of piperidine rings is 1. The van der Waals surface area contributed by atoms with Gasteiger partial charge in [-0.3, -0.25) is 4.79 Å². The van der Waals surface area contributed by atoms with E-state index in [2.05, 4.69) is 14.9 Å². The SMILES string of the molecule is CNCC1CCCCN1C(=O)c1cnns1. The number of carbonyl (C=O) groups is 1. The monoisotopic (exact) mass is 240 g/mol. The van der Waals surface area contributed by atoms with Gasteiger partial charge in [0.1, 0.15) is 4.88 Å². The Labute approximate surface area is 99.0 Å². The molecule has 1 aromatic rings. The van der Waals surface area contributed by atoms with Crippen LogP contribution in [0.25, 0.3) is 0 Å². The molecule has 2 heterocycles. The van der Waals surface area contributed by atoms with E-state index in [9.17, 15) is 4.79 Å². The summed E-state index contributed by atoms with van der Waals surface area (Å²) in [6.07, 6.45) is 4.94. The third-order valence-electron chi connectivity index (χ3n) is 2.90. The molecule has 0 saturated carbocycles. The maximum Gasteiger partial charge on any atom is 0.267 e. The second kappa shape index (κ2) is 5.36. The summed E-state index contributed by atoms with van der Waals surface area (Å²) in [6.45, 7) is 1.71. The molecule has 1 unspecified atom stereocenters. The summed E-state index contributed by atoms with van der Waals surface area (Å²) in [4.78, 5) is 14.8. The fourth-order valence-electron chi connectivity index (χ4n) is 2.12. The molecule has 0 aromatic carbocycles.